The van der Waals surface area contributed by atoms with Gasteiger partial charge in [0.05, 0.1) is 23.0 Å². The van der Waals surface area contributed by atoms with Gasteiger partial charge in [-0.15, -0.1) is 0 Å². The van der Waals surface area contributed by atoms with E-state index in [4.69, 9.17) is 0 Å². The normalized spacial score (nSPS) is 11.2. The smallest absolute Gasteiger partial charge is 0.250 e. The summed E-state index contributed by atoms with van der Waals surface area (Å²) in [6.45, 7) is 5.86. The van der Waals surface area contributed by atoms with Gasteiger partial charge in [0, 0.05) is 30.4 Å². The van der Waals surface area contributed by atoms with Crippen LogP contribution in [0.4, 0.5) is 5.69 Å². The lowest BCUT2D eigenvalue weighted by Gasteiger charge is -2.21. The summed E-state index contributed by atoms with van der Waals surface area (Å²) in [5.41, 5.74) is 5.77. The number of anilines is 1. The van der Waals surface area contributed by atoms with E-state index in [0.717, 1.165) is 29.8 Å². The number of nitrogens with zero attached hydrogens (tertiary/aromatic N) is 3. The fourth-order valence-corrected chi connectivity index (χ4v) is 3.44. The van der Waals surface area contributed by atoms with E-state index in [1.165, 1.54) is 18.0 Å². The molecule has 8 heteroatoms. The van der Waals surface area contributed by atoms with E-state index in [2.05, 4.69) is 39.2 Å². The molecule has 0 atom stereocenters. The van der Waals surface area contributed by atoms with E-state index < -0.39 is 0 Å². The predicted molar refractivity (Wildman–Crippen MR) is 114 cm³/mol. The minimum Gasteiger partial charge on any atom is -0.507 e. The first-order valence-electron chi connectivity index (χ1n) is 9.08. The topological polar surface area (TPSA) is 93.6 Å². The molecule has 0 saturated heterocycles. The maximum absolute atomic E-state index is 12.0. The number of phenols is 1. The lowest BCUT2D eigenvalue weighted by molar-refractivity contribution is -0.118. The zero-order chi connectivity index (χ0) is 19.9. The van der Waals surface area contributed by atoms with Crippen LogP contribution in [0.15, 0.2) is 52.7 Å². The van der Waals surface area contributed by atoms with Crippen molar-refractivity contribution in [2.24, 2.45) is 5.10 Å². The SMILES string of the molecule is CCN(CC)c1ccc(/C=N/NC(=O)CSc2nc3ccccc3[nH]2)c(O)c1. The number of aromatic amines is 1. The van der Waals surface area contributed by atoms with Crippen molar-refractivity contribution in [1.29, 1.82) is 0 Å². The third-order valence-electron chi connectivity index (χ3n) is 4.24. The summed E-state index contributed by atoms with van der Waals surface area (Å²) in [5.74, 6) is 0.0596. The van der Waals surface area contributed by atoms with Crippen LogP contribution >= 0.6 is 11.8 Å². The number of rotatable bonds is 8. The Hall–Kier alpha value is -3.00. The fraction of sp³-hybridized carbons (Fsp3) is 0.250. The van der Waals surface area contributed by atoms with E-state index in [9.17, 15) is 9.90 Å². The summed E-state index contributed by atoms with van der Waals surface area (Å²) in [6.07, 6.45) is 1.44. The van der Waals surface area contributed by atoms with Gasteiger partial charge in [0.25, 0.3) is 5.91 Å². The number of para-hydroxylation sites is 2. The second-order valence-corrected chi connectivity index (χ2v) is 7.02. The third-order valence-corrected chi connectivity index (χ3v) is 5.12. The highest BCUT2D eigenvalue weighted by Gasteiger charge is 2.07. The van der Waals surface area contributed by atoms with Gasteiger partial charge in [-0.2, -0.15) is 5.10 Å². The Bertz CT molecular complexity index is 949. The summed E-state index contributed by atoms with van der Waals surface area (Å²) in [6, 6.07) is 13.1. The van der Waals surface area contributed by atoms with Crippen LogP contribution in [-0.4, -0.2) is 46.0 Å². The molecule has 0 spiro atoms. The molecule has 0 radical (unpaired) electrons. The number of H-pyrrole nitrogens is 1. The molecule has 1 heterocycles. The van der Waals surface area contributed by atoms with Gasteiger partial charge >= 0.3 is 0 Å². The summed E-state index contributed by atoms with van der Waals surface area (Å²) in [5, 5.41) is 14.8. The van der Waals surface area contributed by atoms with Gasteiger partial charge in [0.2, 0.25) is 0 Å². The molecule has 0 aliphatic heterocycles. The monoisotopic (exact) mass is 397 g/mol. The van der Waals surface area contributed by atoms with Gasteiger partial charge in [0.15, 0.2) is 5.16 Å². The van der Waals surface area contributed by atoms with E-state index in [-0.39, 0.29) is 17.4 Å². The number of carbonyl (C=O) groups excluding carboxylic acids is 1. The number of aromatic nitrogens is 2. The molecule has 3 rings (SSSR count). The molecule has 0 aliphatic carbocycles. The highest BCUT2D eigenvalue weighted by atomic mass is 32.2. The zero-order valence-corrected chi connectivity index (χ0v) is 16.7. The number of hydrazone groups is 1. The number of fused-ring (bicyclic) bond motifs is 1. The average Bonchev–Trinajstić information content (AvgIpc) is 3.12. The number of carbonyl (C=O) groups is 1. The minimum atomic E-state index is -0.249. The molecule has 0 fully saturated rings. The summed E-state index contributed by atoms with van der Waals surface area (Å²) < 4.78 is 0. The Morgan fingerprint density at radius 1 is 1.29 bits per heavy atom. The van der Waals surface area contributed by atoms with Crippen LogP contribution in [0.1, 0.15) is 19.4 Å². The number of hydrogen-bond donors (Lipinski definition) is 3. The van der Waals surface area contributed by atoms with Gasteiger partial charge < -0.3 is 15.0 Å². The first-order valence-corrected chi connectivity index (χ1v) is 10.1. The van der Waals surface area contributed by atoms with Crippen molar-refractivity contribution in [1.82, 2.24) is 15.4 Å². The van der Waals surface area contributed by atoms with Crippen molar-refractivity contribution in [3.05, 3.63) is 48.0 Å². The molecule has 0 bridgehead atoms. The van der Waals surface area contributed by atoms with Crippen molar-refractivity contribution < 1.29 is 9.90 Å². The van der Waals surface area contributed by atoms with Gasteiger partial charge in [-0.3, -0.25) is 4.79 Å². The number of nitrogens with one attached hydrogen (secondary N) is 2. The molecule has 1 amide bonds. The first-order chi connectivity index (χ1) is 13.6. The quantitative estimate of drug-likeness (QED) is 0.308. The highest BCUT2D eigenvalue weighted by Crippen LogP contribution is 2.23. The Morgan fingerprint density at radius 3 is 2.79 bits per heavy atom. The minimum absolute atomic E-state index is 0.124. The molecule has 28 heavy (non-hydrogen) atoms. The molecular weight excluding hydrogens is 374 g/mol. The van der Waals surface area contributed by atoms with Crippen molar-refractivity contribution in [3.63, 3.8) is 0 Å². The fourth-order valence-electron chi connectivity index (χ4n) is 2.76. The van der Waals surface area contributed by atoms with Crippen LogP contribution in [0.5, 0.6) is 5.75 Å². The number of hydrogen-bond acceptors (Lipinski definition) is 6. The molecule has 7 nitrogen and oxygen atoms in total. The zero-order valence-electron chi connectivity index (χ0n) is 15.8. The molecule has 1 aromatic heterocycles. The highest BCUT2D eigenvalue weighted by molar-refractivity contribution is 7.99. The number of amides is 1. The van der Waals surface area contributed by atoms with Crippen molar-refractivity contribution in [2.45, 2.75) is 19.0 Å². The lowest BCUT2D eigenvalue weighted by Crippen LogP contribution is -2.21. The third kappa shape index (κ3) is 4.83. The Morgan fingerprint density at radius 2 is 2.07 bits per heavy atom. The van der Waals surface area contributed by atoms with Crippen LogP contribution < -0.4 is 10.3 Å². The number of imidazole rings is 1. The molecule has 3 aromatic rings. The largest absolute Gasteiger partial charge is 0.507 e. The van der Waals surface area contributed by atoms with Gasteiger partial charge in [0.1, 0.15) is 5.75 Å². The summed E-state index contributed by atoms with van der Waals surface area (Å²) in [4.78, 5) is 21.7. The maximum atomic E-state index is 12.0. The van der Waals surface area contributed by atoms with Gasteiger partial charge in [-0.25, -0.2) is 10.4 Å². The number of phenolic OH excluding ortho intramolecular Hbond substituents is 1. The average molecular weight is 398 g/mol. The summed E-state index contributed by atoms with van der Waals surface area (Å²) in [7, 11) is 0. The van der Waals surface area contributed by atoms with Gasteiger partial charge in [-0.1, -0.05) is 23.9 Å². The Labute approximate surface area is 167 Å². The lowest BCUT2D eigenvalue weighted by atomic mass is 10.2. The van der Waals surface area contributed by atoms with E-state index >= 15 is 0 Å². The van der Waals surface area contributed by atoms with Crippen molar-refractivity contribution >= 4 is 40.6 Å². The van der Waals surface area contributed by atoms with Crippen molar-refractivity contribution in [3.8, 4) is 5.75 Å². The Kier molecular flexibility index (Phi) is 6.54. The molecule has 0 unspecified atom stereocenters. The van der Waals surface area contributed by atoms with Crippen LogP contribution in [0.3, 0.4) is 0 Å². The second-order valence-electron chi connectivity index (χ2n) is 6.06. The maximum Gasteiger partial charge on any atom is 0.250 e. The molecule has 0 saturated carbocycles. The summed E-state index contributed by atoms with van der Waals surface area (Å²) >= 11 is 1.31. The van der Waals surface area contributed by atoms with Gasteiger partial charge in [-0.05, 0) is 38.1 Å². The standard InChI is InChI=1S/C20H23N5O2S/c1-3-25(4-2)15-10-9-14(18(26)11-15)12-21-24-19(27)13-28-20-22-16-7-5-6-8-17(16)23-20/h5-12,26H,3-4,13H2,1-2H3,(H,22,23)(H,24,27)/b21-12+. The molecule has 2 aromatic carbocycles. The molecule has 3 N–H and O–H groups in total. The predicted octanol–water partition coefficient (Wildman–Crippen LogP) is 3.36. The van der Waals surface area contributed by atoms with Crippen LogP contribution in [0, 0.1) is 0 Å². The number of aromatic hydroxyl groups is 1. The van der Waals surface area contributed by atoms with E-state index in [1.807, 2.05) is 30.3 Å². The number of benzene rings is 2. The van der Waals surface area contributed by atoms with Crippen LogP contribution in [0.25, 0.3) is 11.0 Å². The Balaban J connectivity index is 1.53. The molecule has 0 aliphatic rings. The van der Waals surface area contributed by atoms with Crippen LogP contribution in [0.2, 0.25) is 0 Å². The molecule has 146 valence electrons. The van der Waals surface area contributed by atoms with Crippen LogP contribution in [-0.2, 0) is 4.79 Å². The number of thioether (sulfide) groups is 1. The second kappa shape index (κ2) is 9.27. The molecular formula is C20H23N5O2S. The van der Waals surface area contributed by atoms with E-state index in [1.54, 1.807) is 12.1 Å². The van der Waals surface area contributed by atoms with E-state index in [0.29, 0.717) is 10.7 Å². The van der Waals surface area contributed by atoms with Crippen molar-refractivity contribution in [2.75, 3.05) is 23.7 Å². The first kappa shape index (κ1) is 19.8.